The number of nitrogens with zero attached hydrogens (tertiary/aromatic N) is 7. The number of likely N-dealkylation sites (N-methyl/N-ethyl adjacent to an activating group) is 2. The summed E-state index contributed by atoms with van der Waals surface area (Å²) >= 11 is 14.9. The van der Waals surface area contributed by atoms with E-state index in [1.54, 1.807) is 34.1 Å². The van der Waals surface area contributed by atoms with E-state index in [4.69, 9.17) is 23.2 Å². The van der Waals surface area contributed by atoms with Crippen LogP contribution in [0.4, 0.5) is 29.7 Å². The number of carbonyl (C=O) groups excluding carboxylic acids is 4. The van der Waals surface area contributed by atoms with Gasteiger partial charge in [-0.25, -0.2) is 28.0 Å². The van der Waals surface area contributed by atoms with Gasteiger partial charge in [0.2, 0.25) is 0 Å². The Bertz CT molecular complexity index is 2070. The van der Waals surface area contributed by atoms with Crippen molar-refractivity contribution in [1.82, 2.24) is 29.6 Å². The summed E-state index contributed by atoms with van der Waals surface area (Å²) in [7, 11) is 2.65. The number of nitrogens with one attached hydrogen (secondary N) is 1. The summed E-state index contributed by atoms with van der Waals surface area (Å²) in [5, 5.41) is 3.37. The highest BCUT2D eigenvalue weighted by molar-refractivity contribution is 9.08. The van der Waals surface area contributed by atoms with Crippen LogP contribution in [0.25, 0.3) is 0 Å². The van der Waals surface area contributed by atoms with Crippen molar-refractivity contribution in [2.24, 2.45) is 0 Å². The molecule has 0 aliphatic carbocycles. The van der Waals surface area contributed by atoms with Gasteiger partial charge in [-0.2, -0.15) is 0 Å². The van der Waals surface area contributed by atoms with Crippen molar-refractivity contribution in [2.45, 2.75) is 25.7 Å². The number of ether oxygens (including phenoxy) is 2. The highest BCUT2D eigenvalue weighted by Gasteiger charge is 2.27. The molecule has 0 radical (unpaired) electrons. The van der Waals surface area contributed by atoms with E-state index in [0.717, 1.165) is 45.0 Å². The topological polar surface area (TPSA) is 141 Å². The number of methoxy groups -OCH3 is 2. The Balaban J connectivity index is 0.000000224. The molecule has 2 aliphatic rings. The normalized spacial score (nSPS) is 14.1. The number of urea groups is 2. The molecule has 2 saturated heterocycles. The van der Waals surface area contributed by atoms with Gasteiger partial charge >= 0.3 is 24.0 Å². The molecule has 19 heteroatoms. The summed E-state index contributed by atoms with van der Waals surface area (Å²) < 4.78 is 35.9. The summed E-state index contributed by atoms with van der Waals surface area (Å²) in [4.78, 5) is 65.8. The lowest BCUT2D eigenvalue weighted by atomic mass is 10.2. The monoisotopic (exact) mass is 948 g/mol. The number of piperazine rings is 2. The lowest BCUT2D eigenvalue weighted by Crippen LogP contribution is -2.52. The van der Waals surface area contributed by atoms with Crippen molar-refractivity contribution in [3.63, 3.8) is 0 Å². The molecule has 0 unspecified atom stereocenters. The first-order valence-corrected chi connectivity index (χ1v) is 21.3. The minimum absolute atomic E-state index is 0.00797. The number of pyridine rings is 2. The molecule has 2 fully saturated rings. The molecule has 4 amide bonds. The summed E-state index contributed by atoms with van der Waals surface area (Å²) in [6.45, 7) is 12.3. The van der Waals surface area contributed by atoms with Crippen LogP contribution in [-0.2, 0) is 21.3 Å². The summed E-state index contributed by atoms with van der Waals surface area (Å²) in [6.07, 6.45) is 2.91. The maximum absolute atomic E-state index is 13.7. The number of amides is 4. The van der Waals surface area contributed by atoms with Crippen LogP contribution < -0.4 is 10.2 Å². The van der Waals surface area contributed by atoms with E-state index in [1.165, 1.54) is 67.9 Å². The average molecular weight is 951 g/mol. The fraction of sp³-hybridized carbons (Fsp3) is 0.381. The highest BCUT2D eigenvalue weighted by Crippen LogP contribution is 2.26. The van der Waals surface area contributed by atoms with Gasteiger partial charge in [-0.1, -0.05) is 53.0 Å². The Morgan fingerprint density at radius 1 is 0.705 bits per heavy atom. The van der Waals surface area contributed by atoms with Crippen molar-refractivity contribution in [1.29, 1.82) is 0 Å². The third kappa shape index (κ3) is 14.6. The quantitative estimate of drug-likeness (QED) is 0.130. The molecule has 2 aromatic heterocycles. The number of alkyl halides is 1. The first kappa shape index (κ1) is 48.7. The summed E-state index contributed by atoms with van der Waals surface area (Å²) in [6, 6.07) is 14.7. The molecule has 4 heterocycles. The number of hydrogen-bond donors (Lipinski definition) is 1. The molecule has 14 nitrogen and oxygen atoms in total. The van der Waals surface area contributed by atoms with Crippen LogP contribution in [0.3, 0.4) is 0 Å². The maximum atomic E-state index is 13.7. The number of esters is 2. The van der Waals surface area contributed by atoms with Gasteiger partial charge in [-0.3, -0.25) is 14.9 Å². The van der Waals surface area contributed by atoms with E-state index in [2.05, 4.69) is 64.3 Å². The second kappa shape index (κ2) is 24.5. The standard InChI is InChI=1S/C21H24ClFN4O3.C13H17ClFN3O.C8H8BrNO2/c1-3-25-8-10-26(11-9-25)21(29)27(17-6-7-19(23)18(22)12-17)14-16-5-4-15(13-24-16)20(28)30-2;1-2-17-5-7-18(8-6-17)13(19)16-10-3-4-12(15)11(14)9-10;1-12-8(11)6-2-3-7(4-9)10-5-6/h4-7,12-13H,3,8-11,14H2,1-2H3;3-4,9H,2,5-8H2,1H3,(H,16,19);2-3,5H,4H2,1H3. The van der Waals surface area contributed by atoms with E-state index in [1.807, 2.05) is 0 Å². The molecule has 6 rings (SSSR count). The Morgan fingerprint density at radius 2 is 1.20 bits per heavy atom. The smallest absolute Gasteiger partial charge is 0.339 e. The Hall–Kier alpha value is -4.94. The minimum Gasteiger partial charge on any atom is -0.465 e. The molecule has 328 valence electrons. The Morgan fingerprint density at radius 3 is 1.64 bits per heavy atom. The number of aromatic nitrogens is 2. The van der Waals surface area contributed by atoms with E-state index in [9.17, 15) is 28.0 Å². The van der Waals surface area contributed by atoms with Gasteiger partial charge in [0.1, 0.15) is 11.6 Å². The van der Waals surface area contributed by atoms with Gasteiger partial charge < -0.3 is 34.4 Å². The molecule has 4 aromatic rings. The van der Waals surface area contributed by atoms with Gasteiger partial charge in [0.05, 0.1) is 53.3 Å². The van der Waals surface area contributed by atoms with Crippen molar-refractivity contribution in [3.8, 4) is 0 Å². The molecule has 1 N–H and O–H groups in total. The maximum Gasteiger partial charge on any atom is 0.339 e. The molecule has 0 saturated carbocycles. The molecular weight excluding hydrogens is 901 g/mol. The zero-order chi connectivity index (χ0) is 44.5. The van der Waals surface area contributed by atoms with Crippen LogP contribution in [0.1, 0.15) is 46.0 Å². The molecule has 61 heavy (non-hydrogen) atoms. The van der Waals surface area contributed by atoms with E-state index in [0.29, 0.717) is 59.7 Å². The summed E-state index contributed by atoms with van der Waals surface area (Å²) in [5.74, 6) is -1.88. The third-order valence-electron chi connectivity index (χ3n) is 9.76. The van der Waals surface area contributed by atoms with Gasteiger partial charge in [0.25, 0.3) is 0 Å². The van der Waals surface area contributed by atoms with Crippen molar-refractivity contribution >= 4 is 74.5 Å². The first-order chi connectivity index (χ1) is 29.3. The number of anilines is 2. The van der Waals surface area contributed by atoms with Gasteiger partial charge in [-0.15, -0.1) is 0 Å². The Kier molecular flexibility index (Phi) is 19.6. The number of carbonyl (C=O) groups is 4. The number of rotatable bonds is 9. The molecule has 2 aliphatic heterocycles. The second-order valence-electron chi connectivity index (χ2n) is 13.6. The first-order valence-electron chi connectivity index (χ1n) is 19.4. The lowest BCUT2D eigenvalue weighted by molar-refractivity contribution is 0.0591. The second-order valence-corrected chi connectivity index (χ2v) is 14.9. The third-order valence-corrected chi connectivity index (χ3v) is 10.9. The SMILES string of the molecule is CCN1CCN(C(=O)N(Cc2ccc(C(=O)OC)cn2)c2ccc(F)c(Cl)c2)CC1.CCN1CCN(C(=O)Nc2ccc(F)c(Cl)c2)CC1.COC(=O)c1ccc(CBr)nc1. The molecule has 2 aromatic carbocycles. The van der Waals surface area contributed by atoms with Crippen LogP contribution >= 0.6 is 39.1 Å². The van der Waals surface area contributed by atoms with Crippen LogP contribution in [0.5, 0.6) is 0 Å². The van der Waals surface area contributed by atoms with E-state index in [-0.39, 0.29) is 34.6 Å². The number of benzene rings is 2. The van der Waals surface area contributed by atoms with Crippen LogP contribution in [-0.4, -0.2) is 133 Å². The predicted octanol–water partition coefficient (Wildman–Crippen LogP) is 7.84. The van der Waals surface area contributed by atoms with Gasteiger partial charge in [0, 0.05) is 81.5 Å². The van der Waals surface area contributed by atoms with Crippen molar-refractivity contribution in [3.05, 3.63) is 117 Å². The highest BCUT2D eigenvalue weighted by atomic mass is 79.9. The molecular formula is C42H49BrCl2F2N8O6. The zero-order valence-electron chi connectivity index (χ0n) is 34.4. The zero-order valence-corrected chi connectivity index (χ0v) is 37.5. The van der Waals surface area contributed by atoms with Crippen LogP contribution in [0.15, 0.2) is 73.1 Å². The minimum atomic E-state index is -0.551. The van der Waals surface area contributed by atoms with Crippen LogP contribution in [0, 0.1) is 11.6 Å². The van der Waals surface area contributed by atoms with E-state index < -0.39 is 17.6 Å². The fourth-order valence-electron chi connectivity index (χ4n) is 6.05. The van der Waals surface area contributed by atoms with Crippen LogP contribution in [0.2, 0.25) is 10.0 Å². The molecule has 0 atom stereocenters. The van der Waals surface area contributed by atoms with E-state index >= 15 is 0 Å². The fourth-order valence-corrected chi connectivity index (χ4v) is 6.74. The predicted molar refractivity (Wildman–Crippen MR) is 235 cm³/mol. The molecule has 0 bridgehead atoms. The van der Waals surface area contributed by atoms with Crippen molar-refractivity contribution in [2.75, 3.05) is 89.9 Å². The average Bonchev–Trinajstić information content (AvgIpc) is 3.30. The summed E-state index contributed by atoms with van der Waals surface area (Å²) in [5.41, 5.74) is 3.24. The lowest BCUT2D eigenvalue weighted by Gasteiger charge is -2.37. The number of hydrogen-bond acceptors (Lipinski definition) is 10. The Labute approximate surface area is 372 Å². The number of halogens is 5. The van der Waals surface area contributed by atoms with Gasteiger partial charge in [0.15, 0.2) is 0 Å². The van der Waals surface area contributed by atoms with Gasteiger partial charge in [-0.05, 0) is 73.8 Å². The molecule has 0 spiro atoms. The largest absolute Gasteiger partial charge is 0.465 e. The van der Waals surface area contributed by atoms with Crippen molar-refractivity contribution < 1.29 is 37.4 Å².